The summed E-state index contributed by atoms with van der Waals surface area (Å²) in [5.41, 5.74) is 1.28. The molecule has 0 spiro atoms. The highest BCUT2D eigenvalue weighted by molar-refractivity contribution is 5.80. The summed E-state index contributed by atoms with van der Waals surface area (Å²) >= 11 is 0. The number of rotatable bonds is 7. The Labute approximate surface area is 184 Å². The first-order valence-electron chi connectivity index (χ1n) is 11.3. The van der Waals surface area contributed by atoms with E-state index >= 15 is 0 Å². The SMILES string of the molecule is CCNC(=NCCc1nccn1Cc1ccccc1)N1CCC(C)C(n2ccnc2)C1. The molecule has 31 heavy (non-hydrogen) atoms. The van der Waals surface area contributed by atoms with Gasteiger partial charge in [-0.1, -0.05) is 37.3 Å². The number of aliphatic imine (C=N–C) groups is 1. The molecule has 1 N–H and O–H groups in total. The van der Waals surface area contributed by atoms with Gasteiger partial charge in [-0.25, -0.2) is 9.97 Å². The Balaban J connectivity index is 1.40. The van der Waals surface area contributed by atoms with Crippen molar-refractivity contribution in [2.45, 2.75) is 39.3 Å². The molecular formula is C24H33N7. The molecule has 1 fully saturated rings. The van der Waals surface area contributed by atoms with Crippen LogP contribution in [0.3, 0.4) is 0 Å². The summed E-state index contributed by atoms with van der Waals surface area (Å²) in [7, 11) is 0. The summed E-state index contributed by atoms with van der Waals surface area (Å²) in [5, 5.41) is 3.49. The van der Waals surface area contributed by atoms with E-state index < -0.39 is 0 Å². The van der Waals surface area contributed by atoms with E-state index in [2.05, 4.69) is 79.8 Å². The lowest BCUT2D eigenvalue weighted by molar-refractivity contribution is 0.189. The van der Waals surface area contributed by atoms with Crippen LogP contribution < -0.4 is 5.32 Å². The second kappa shape index (κ2) is 10.3. The van der Waals surface area contributed by atoms with E-state index in [0.29, 0.717) is 12.0 Å². The van der Waals surface area contributed by atoms with Crippen LogP contribution in [0, 0.1) is 5.92 Å². The number of imidazole rings is 2. The maximum absolute atomic E-state index is 4.95. The van der Waals surface area contributed by atoms with E-state index in [1.165, 1.54) is 5.56 Å². The number of nitrogens with zero attached hydrogens (tertiary/aromatic N) is 6. The van der Waals surface area contributed by atoms with Gasteiger partial charge in [0.05, 0.1) is 12.4 Å². The van der Waals surface area contributed by atoms with Gasteiger partial charge in [-0.2, -0.15) is 0 Å². The Hall–Kier alpha value is -3.09. The second-order valence-electron chi connectivity index (χ2n) is 8.23. The van der Waals surface area contributed by atoms with E-state index in [1.54, 1.807) is 0 Å². The minimum Gasteiger partial charge on any atom is -0.357 e. The van der Waals surface area contributed by atoms with Gasteiger partial charge in [0.2, 0.25) is 0 Å². The van der Waals surface area contributed by atoms with Crippen molar-refractivity contribution in [3.8, 4) is 0 Å². The number of piperidine rings is 1. The smallest absolute Gasteiger partial charge is 0.193 e. The highest BCUT2D eigenvalue weighted by Gasteiger charge is 2.28. The maximum atomic E-state index is 4.95. The van der Waals surface area contributed by atoms with Gasteiger partial charge < -0.3 is 19.4 Å². The molecule has 1 saturated heterocycles. The van der Waals surface area contributed by atoms with Crippen molar-refractivity contribution in [1.29, 1.82) is 0 Å². The molecule has 0 bridgehead atoms. The lowest BCUT2D eigenvalue weighted by Gasteiger charge is -2.39. The Morgan fingerprint density at radius 2 is 2.06 bits per heavy atom. The Kier molecular flexibility index (Phi) is 7.02. The van der Waals surface area contributed by atoms with Crippen LogP contribution in [0.1, 0.15) is 37.7 Å². The van der Waals surface area contributed by atoms with Crippen LogP contribution in [0.4, 0.5) is 0 Å². The third-order valence-electron chi connectivity index (χ3n) is 6.06. The zero-order valence-electron chi connectivity index (χ0n) is 18.6. The van der Waals surface area contributed by atoms with Gasteiger partial charge in [-0.05, 0) is 24.8 Å². The van der Waals surface area contributed by atoms with Gasteiger partial charge in [0, 0.05) is 63.9 Å². The van der Waals surface area contributed by atoms with Crippen molar-refractivity contribution in [2.24, 2.45) is 10.9 Å². The summed E-state index contributed by atoms with van der Waals surface area (Å²) in [5.74, 6) is 2.70. The van der Waals surface area contributed by atoms with Crippen LogP contribution in [0.15, 0.2) is 66.4 Å². The standard InChI is InChI=1S/C24H33N7/c1-3-26-24(30-14-10-20(2)22(18-30)31-15-12-25-19-31)28-11-9-23-27-13-16-29(23)17-21-7-5-4-6-8-21/h4-8,12-13,15-16,19-20,22H,3,9-11,14,17-18H2,1-2H3,(H,26,28). The second-order valence-corrected chi connectivity index (χ2v) is 8.23. The van der Waals surface area contributed by atoms with Crippen LogP contribution in [0.2, 0.25) is 0 Å². The van der Waals surface area contributed by atoms with Crippen molar-refractivity contribution in [3.63, 3.8) is 0 Å². The predicted molar refractivity (Wildman–Crippen MR) is 124 cm³/mol. The van der Waals surface area contributed by atoms with Crippen LogP contribution in [-0.4, -0.2) is 56.1 Å². The zero-order valence-corrected chi connectivity index (χ0v) is 18.6. The third-order valence-corrected chi connectivity index (χ3v) is 6.06. The number of benzene rings is 1. The molecule has 2 unspecified atom stereocenters. The van der Waals surface area contributed by atoms with Gasteiger partial charge >= 0.3 is 0 Å². The number of aromatic nitrogens is 4. The first-order chi connectivity index (χ1) is 15.2. The summed E-state index contributed by atoms with van der Waals surface area (Å²) in [6.07, 6.45) is 11.8. The van der Waals surface area contributed by atoms with Crippen molar-refractivity contribution in [1.82, 2.24) is 29.3 Å². The molecule has 0 saturated carbocycles. The molecule has 1 aliphatic heterocycles. The Morgan fingerprint density at radius 3 is 2.84 bits per heavy atom. The van der Waals surface area contributed by atoms with E-state index in [-0.39, 0.29) is 0 Å². The molecule has 4 rings (SSSR count). The van der Waals surface area contributed by atoms with Gasteiger partial charge in [-0.3, -0.25) is 4.99 Å². The molecule has 164 valence electrons. The van der Waals surface area contributed by atoms with Crippen molar-refractivity contribution < 1.29 is 0 Å². The molecule has 0 amide bonds. The Morgan fingerprint density at radius 1 is 1.19 bits per heavy atom. The number of nitrogens with one attached hydrogen (secondary N) is 1. The highest BCUT2D eigenvalue weighted by Crippen LogP contribution is 2.27. The van der Waals surface area contributed by atoms with Gasteiger partial charge in [0.1, 0.15) is 5.82 Å². The molecule has 3 aromatic rings. The van der Waals surface area contributed by atoms with E-state index in [9.17, 15) is 0 Å². The number of guanidine groups is 1. The van der Waals surface area contributed by atoms with Gasteiger partial charge in [0.25, 0.3) is 0 Å². The van der Waals surface area contributed by atoms with E-state index in [0.717, 1.165) is 57.3 Å². The fraction of sp³-hybridized carbons (Fsp3) is 0.458. The molecule has 7 nitrogen and oxygen atoms in total. The molecule has 7 heteroatoms. The van der Waals surface area contributed by atoms with Gasteiger partial charge in [0.15, 0.2) is 5.96 Å². The summed E-state index contributed by atoms with van der Waals surface area (Å²) in [4.78, 5) is 16.2. The van der Waals surface area contributed by atoms with Crippen LogP contribution >= 0.6 is 0 Å². The summed E-state index contributed by atoms with van der Waals surface area (Å²) < 4.78 is 4.45. The average Bonchev–Trinajstić information content (AvgIpc) is 3.47. The number of likely N-dealkylation sites (tertiary alicyclic amines) is 1. The molecule has 1 aromatic carbocycles. The van der Waals surface area contributed by atoms with Crippen molar-refractivity contribution in [3.05, 3.63) is 72.8 Å². The molecule has 0 aliphatic carbocycles. The number of hydrogen-bond donors (Lipinski definition) is 1. The highest BCUT2D eigenvalue weighted by atomic mass is 15.3. The topological polar surface area (TPSA) is 63.3 Å². The molecule has 3 heterocycles. The fourth-order valence-electron chi connectivity index (χ4n) is 4.27. The summed E-state index contributed by atoms with van der Waals surface area (Å²) in [6.45, 7) is 8.86. The molecular weight excluding hydrogens is 386 g/mol. The van der Waals surface area contributed by atoms with E-state index in [4.69, 9.17) is 4.99 Å². The maximum Gasteiger partial charge on any atom is 0.193 e. The molecule has 0 radical (unpaired) electrons. The van der Waals surface area contributed by atoms with Crippen LogP contribution in [0.25, 0.3) is 0 Å². The fourth-order valence-corrected chi connectivity index (χ4v) is 4.27. The minimum absolute atomic E-state index is 0.421. The zero-order chi connectivity index (χ0) is 21.5. The molecule has 2 aromatic heterocycles. The lowest BCUT2D eigenvalue weighted by atomic mass is 9.93. The molecule has 1 aliphatic rings. The monoisotopic (exact) mass is 419 g/mol. The normalized spacial score (nSPS) is 19.5. The average molecular weight is 420 g/mol. The van der Waals surface area contributed by atoms with Crippen LogP contribution in [0.5, 0.6) is 0 Å². The minimum atomic E-state index is 0.421. The third kappa shape index (κ3) is 5.34. The van der Waals surface area contributed by atoms with Crippen molar-refractivity contribution >= 4 is 5.96 Å². The lowest BCUT2D eigenvalue weighted by Crippen LogP contribution is -2.49. The first kappa shape index (κ1) is 21.2. The predicted octanol–water partition coefficient (Wildman–Crippen LogP) is 3.22. The Bertz CT molecular complexity index is 945. The summed E-state index contributed by atoms with van der Waals surface area (Å²) in [6, 6.07) is 10.9. The van der Waals surface area contributed by atoms with Gasteiger partial charge in [-0.15, -0.1) is 0 Å². The van der Waals surface area contributed by atoms with Crippen LogP contribution in [-0.2, 0) is 13.0 Å². The quantitative estimate of drug-likeness (QED) is 0.472. The largest absolute Gasteiger partial charge is 0.357 e. The molecule has 2 atom stereocenters. The first-order valence-corrected chi connectivity index (χ1v) is 11.3. The van der Waals surface area contributed by atoms with Crippen molar-refractivity contribution in [2.75, 3.05) is 26.2 Å². The van der Waals surface area contributed by atoms with E-state index in [1.807, 2.05) is 24.8 Å². The number of hydrogen-bond acceptors (Lipinski definition) is 3.